The molecule has 2 atom stereocenters. The Bertz CT molecular complexity index is 119. The van der Waals surface area contributed by atoms with Gasteiger partial charge < -0.3 is 15.4 Å². The zero-order valence-electron chi connectivity index (χ0n) is 8.10. The van der Waals surface area contributed by atoms with Gasteiger partial charge >= 0.3 is 0 Å². The van der Waals surface area contributed by atoms with Gasteiger partial charge in [0.2, 0.25) is 0 Å². The van der Waals surface area contributed by atoms with Crippen molar-refractivity contribution in [2.45, 2.75) is 19.4 Å². The van der Waals surface area contributed by atoms with E-state index in [-0.39, 0.29) is 0 Å². The molecule has 0 aromatic carbocycles. The molecule has 2 unspecified atom stereocenters. The molecule has 0 spiro atoms. The fraction of sp³-hybridized carbons (Fsp3) is 1.00. The average molecular weight is 172 g/mol. The Morgan fingerprint density at radius 2 is 2.25 bits per heavy atom. The number of hydrogen-bond acceptors (Lipinski definition) is 3. The Morgan fingerprint density at radius 3 is 2.92 bits per heavy atom. The molecule has 0 aromatic heterocycles. The van der Waals surface area contributed by atoms with Crippen molar-refractivity contribution in [3.63, 3.8) is 0 Å². The topological polar surface area (TPSA) is 33.3 Å². The van der Waals surface area contributed by atoms with Gasteiger partial charge in [-0.3, -0.25) is 0 Å². The lowest BCUT2D eigenvalue weighted by Gasteiger charge is -2.16. The van der Waals surface area contributed by atoms with E-state index < -0.39 is 0 Å². The number of rotatable bonds is 5. The molecule has 1 saturated heterocycles. The van der Waals surface area contributed by atoms with Crippen LogP contribution in [0.1, 0.15) is 13.3 Å². The molecule has 2 N–H and O–H groups in total. The zero-order chi connectivity index (χ0) is 8.81. The van der Waals surface area contributed by atoms with Gasteiger partial charge in [0.1, 0.15) is 0 Å². The van der Waals surface area contributed by atoms with E-state index in [1.54, 1.807) is 0 Å². The zero-order valence-corrected chi connectivity index (χ0v) is 8.10. The third-order valence-corrected chi connectivity index (χ3v) is 2.40. The van der Waals surface area contributed by atoms with E-state index in [4.69, 9.17) is 4.74 Å². The fourth-order valence-corrected chi connectivity index (χ4v) is 1.58. The van der Waals surface area contributed by atoms with Crippen molar-refractivity contribution < 1.29 is 4.74 Å². The Kier molecular flexibility index (Phi) is 4.58. The third kappa shape index (κ3) is 2.73. The van der Waals surface area contributed by atoms with E-state index in [1.807, 2.05) is 7.05 Å². The summed E-state index contributed by atoms with van der Waals surface area (Å²) in [5.41, 5.74) is 0. The molecule has 1 aliphatic heterocycles. The predicted molar refractivity (Wildman–Crippen MR) is 50.3 cm³/mol. The van der Waals surface area contributed by atoms with Crippen LogP contribution >= 0.6 is 0 Å². The standard InChI is InChI=1S/C9H20N2O/c1-3-4-11-5-8-6-12-7-9(8)10-2/h8-11H,3-7H2,1-2H3. The van der Waals surface area contributed by atoms with E-state index in [2.05, 4.69) is 17.6 Å². The molecule has 0 radical (unpaired) electrons. The lowest BCUT2D eigenvalue weighted by molar-refractivity contribution is 0.182. The second-order valence-corrected chi connectivity index (χ2v) is 3.40. The van der Waals surface area contributed by atoms with Gasteiger partial charge in [-0.2, -0.15) is 0 Å². The molecule has 12 heavy (non-hydrogen) atoms. The van der Waals surface area contributed by atoms with Gasteiger partial charge in [-0.05, 0) is 20.0 Å². The van der Waals surface area contributed by atoms with Crippen molar-refractivity contribution >= 4 is 0 Å². The van der Waals surface area contributed by atoms with Crippen LogP contribution in [-0.2, 0) is 4.74 Å². The third-order valence-electron chi connectivity index (χ3n) is 2.40. The van der Waals surface area contributed by atoms with Gasteiger partial charge in [0.25, 0.3) is 0 Å². The van der Waals surface area contributed by atoms with Crippen LogP contribution in [0.5, 0.6) is 0 Å². The summed E-state index contributed by atoms with van der Waals surface area (Å²) in [6.45, 7) is 6.16. The molecule has 0 amide bonds. The smallest absolute Gasteiger partial charge is 0.0623 e. The predicted octanol–water partition coefficient (Wildman–Crippen LogP) is 0.220. The minimum atomic E-state index is 0.550. The van der Waals surface area contributed by atoms with Crippen LogP contribution in [0.2, 0.25) is 0 Å². The van der Waals surface area contributed by atoms with Crippen LogP contribution in [0.4, 0.5) is 0 Å². The average Bonchev–Trinajstić information content (AvgIpc) is 2.52. The van der Waals surface area contributed by atoms with Crippen molar-refractivity contribution in [3.05, 3.63) is 0 Å². The lowest BCUT2D eigenvalue weighted by Crippen LogP contribution is -2.38. The molecule has 1 aliphatic rings. The molecule has 0 bridgehead atoms. The maximum Gasteiger partial charge on any atom is 0.0623 e. The normalized spacial score (nSPS) is 29.5. The summed E-state index contributed by atoms with van der Waals surface area (Å²) >= 11 is 0. The van der Waals surface area contributed by atoms with E-state index in [1.165, 1.54) is 6.42 Å². The van der Waals surface area contributed by atoms with Crippen molar-refractivity contribution in [1.29, 1.82) is 0 Å². The van der Waals surface area contributed by atoms with Gasteiger partial charge in [-0.1, -0.05) is 6.92 Å². The maximum atomic E-state index is 5.39. The summed E-state index contributed by atoms with van der Waals surface area (Å²) in [4.78, 5) is 0. The second-order valence-electron chi connectivity index (χ2n) is 3.40. The molecule has 72 valence electrons. The van der Waals surface area contributed by atoms with Crippen LogP contribution in [0.25, 0.3) is 0 Å². The molecule has 3 nitrogen and oxygen atoms in total. The van der Waals surface area contributed by atoms with Gasteiger partial charge in [-0.15, -0.1) is 0 Å². The second kappa shape index (κ2) is 5.51. The Balaban J connectivity index is 2.12. The molecule has 0 aliphatic carbocycles. The first-order valence-electron chi connectivity index (χ1n) is 4.84. The first-order chi connectivity index (χ1) is 5.88. The maximum absolute atomic E-state index is 5.39. The molecule has 1 heterocycles. The number of likely N-dealkylation sites (N-methyl/N-ethyl adjacent to an activating group) is 1. The monoisotopic (exact) mass is 172 g/mol. The van der Waals surface area contributed by atoms with E-state index in [9.17, 15) is 0 Å². The highest BCUT2D eigenvalue weighted by molar-refractivity contribution is 4.81. The van der Waals surface area contributed by atoms with Gasteiger partial charge in [0, 0.05) is 18.5 Å². The molecular formula is C9H20N2O. The molecule has 3 heteroatoms. The van der Waals surface area contributed by atoms with Crippen LogP contribution in [0.3, 0.4) is 0 Å². The van der Waals surface area contributed by atoms with Gasteiger partial charge in [0.15, 0.2) is 0 Å². The summed E-state index contributed by atoms with van der Waals surface area (Å²) in [6.07, 6.45) is 1.21. The molecule has 0 saturated carbocycles. The fourth-order valence-electron chi connectivity index (χ4n) is 1.58. The molecule has 1 rings (SSSR count). The van der Waals surface area contributed by atoms with Crippen molar-refractivity contribution in [3.8, 4) is 0 Å². The summed E-state index contributed by atoms with van der Waals surface area (Å²) in [5, 5.41) is 6.70. The van der Waals surface area contributed by atoms with Crippen LogP contribution < -0.4 is 10.6 Å². The van der Waals surface area contributed by atoms with Gasteiger partial charge in [0.05, 0.1) is 13.2 Å². The van der Waals surface area contributed by atoms with E-state index >= 15 is 0 Å². The Morgan fingerprint density at radius 1 is 1.42 bits per heavy atom. The first kappa shape index (κ1) is 9.96. The summed E-state index contributed by atoms with van der Waals surface area (Å²) in [5.74, 6) is 0.654. The Labute approximate surface area is 74.9 Å². The summed E-state index contributed by atoms with van der Waals surface area (Å²) in [6, 6.07) is 0.550. The summed E-state index contributed by atoms with van der Waals surface area (Å²) in [7, 11) is 2.01. The largest absolute Gasteiger partial charge is 0.379 e. The SMILES string of the molecule is CCCNCC1COCC1NC. The molecule has 0 aromatic rings. The van der Waals surface area contributed by atoms with Gasteiger partial charge in [-0.25, -0.2) is 0 Å². The summed E-state index contributed by atoms with van der Waals surface area (Å²) < 4.78 is 5.39. The number of hydrogen-bond donors (Lipinski definition) is 2. The van der Waals surface area contributed by atoms with Crippen LogP contribution in [0.15, 0.2) is 0 Å². The molecular weight excluding hydrogens is 152 g/mol. The lowest BCUT2D eigenvalue weighted by atomic mass is 10.0. The van der Waals surface area contributed by atoms with E-state index in [0.29, 0.717) is 12.0 Å². The molecule has 1 fully saturated rings. The van der Waals surface area contributed by atoms with Crippen molar-refractivity contribution in [2.24, 2.45) is 5.92 Å². The van der Waals surface area contributed by atoms with Crippen molar-refractivity contribution in [1.82, 2.24) is 10.6 Å². The highest BCUT2D eigenvalue weighted by atomic mass is 16.5. The minimum Gasteiger partial charge on any atom is -0.379 e. The van der Waals surface area contributed by atoms with Crippen LogP contribution in [0, 0.1) is 5.92 Å². The van der Waals surface area contributed by atoms with Crippen molar-refractivity contribution in [2.75, 3.05) is 33.4 Å². The quantitative estimate of drug-likeness (QED) is 0.582. The first-order valence-corrected chi connectivity index (χ1v) is 4.84. The number of nitrogens with one attached hydrogen (secondary N) is 2. The highest BCUT2D eigenvalue weighted by Gasteiger charge is 2.25. The highest BCUT2D eigenvalue weighted by Crippen LogP contribution is 2.11. The van der Waals surface area contributed by atoms with E-state index in [0.717, 1.165) is 26.3 Å². The Hall–Kier alpha value is -0.120. The van der Waals surface area contributed by atoms with Crippen LogP contribution in [-0.4, -0.2) is 39.4 Å². The minimum absolute atomic E-state index is 0.550. The number of ether oxygens (including phenoxy) is 1.